The quantitative estimate of drug-likeness (QED) is 0.195. The predicted molar refractivity (Wildman–Crippen MR) is 115 cm³/mol. The second kappa shape index (κ2) is 7.66. The zero-order valence-electron chi connectivity index (χ0n) is 18.1. The van der Waals surface area contributed by atoms with Crippen molar-refractivity contribution in [2.45, 2.75) is 19.3 Å². The van der Waals surface area contributed by atoms with Crippen LogP contribution in [-0.2, 0) is 5.41 Å². The molecule has 0 radical (unpaired) electrons. The SMILES string of the molecule is CC1(C)c2cc(-c3c(F)c(F)cc(F)c3F)ccc2-c2ccc(-c3c(F)c(F)cc(F)c3F)cc21. The summed E-state index contributed by atoms with van der Waals surface area (Å²) in [7, 11) is 0. The van der Waals surface area contributed by atoms with E-state index in [1.807, 2.05) is 0 Å². The Morgan fingerprint density at radius 3 is 1.09 bits per heavy atom. The Bertz CT molecular complexity index is 1380. The Morgan fingerprint density at radius 1 is 0.457 bits per heavy atom. The number of benzene rings is 4. The smallest absolute Gasteiger partial charge is 0.169 e. The minimum atomic E-state index is -1.54. The van der Waals surface area contributed by atoms with Crippen LogP contribution in [0.1, 0.15) is 25.0 Å². The predicted octanol–water partition coefficient (Wildman–Crippen LogP) is 8.44. The van der Waals surface area contributed by atoms with E-state index >= 15 is 0 Å². The lowest BCUT2D eigenvalue weighted by Crippen LogP contribution is -2.15. The Hall–Kier alpha value is -3.68. The zero-order valence-corrected chi connectivity index (χ0v) is 18.1. The number of rotatable bonds is 2. The molecule has 0 aliphatic heterocycles. The summed E-state index contributed by atoms with van der Waals surface area (Å²) < 4.78 is 113. The molecule has 4 aromatic rings. The Labute approximate surface area is 194 Å². The van der Waals surface area contributed by atoms with E-state index in [-0.39, 0.29) is 23.3 Å². The van der Waals surface area contributed by atoms with Crippen LogP contribution in [0.15, 0.2) is 48.5 Å². The van der Waals surface area contributed by atoms with Gasteiger partial charge in [0.2, 0.25) is 0 Å². The molecular formula is C27H14F8. The Morgan fingerprint density at radius 2 is 0.771 bits per heavy atom. The maximum absolute atomic E-state index is 14.4. The molecule has 0 nitrogen and oxygen atoms in total. The first-order valence-corrected chi connectivity index (χ1v) is 10.4. The van der Waals surface area contributed by atoms with Crippen molar-refractivity contribution in [1.29, 1.82) is 0 Å². The Balaban J connectivity index is 1.69. The van der Waals surface area contributed by atoms with Crippen molar-refractivity contribution in [2.24, 2.45) is 0 Å². The van der Waals surface area contributed by atoms with Crippen LogP contribution in [-0.4, -0.2) is 0 Å². The van der Waals surface area contributed by atoms with Crippen molar-refractivity contribution >= 4 is 0 Å². The van der Waals surface area contributed by atoms with Crippen LogP contribution in [0.2, 0.25) is 0 Å². The monoisotopic (exact) mass is 490 g/mol. The van der Waals surface area contributed by atoms with E-state index in [9.17, 15) is 35.1 Å². The van der Waals surface area contributed by atoms with Gasteiger partial charge in [-0.15, -0.1) is 0 Å². The Kier molecular flexibility index (Phi) is 5.05. The summed E-state index contributed by atoms with van der Waals surface area (Å²) in [5.74, 6) is -12.3. The summed E-state index contributed by atoms with van der Waals surface area (Å²) in [4.78, 5) is 0. The van der Waals surface area contributed by atoms with Gasteiger partial charge in [-0.05, 0) is 45.5 Å². The van der Waals surface area contributed by atoms with Crippen LogP contribution in [0, 0.1) is 46.5 Å². The molecule has 0 saturated heterocycles. The number of hydrogen-bond acceptors (Lipinski definition) is 0. The van der Waals surface area contributed by atoms with E-state index in [0.717, 1.165) is 0 Å². The number of fused-ring (bicyclic) bond motifs is 3. The molecule has 0 spiro atoms. The molecule has 0 bridgehead atoms. The second-order valence-electron chi connectivity index (χ2n) is 8.83. The van der Waals surface area contributed by atoms with Crippen LogP contribution >= 0.6 is 0 Å². The van der Waals surface area contributed by atoms with Gasteiger partial charge in [0.1, 0.15) is 0 Å². The molecule has 5 rings (SSSR count). The third-order valence-corrected chi connectivity index (χ3v) is 6.48. The van der Waals surface area contributed by atoms with Crippen molar-refractivity contribution in [1.82, 2.24) is 0 Å². The summed E-state index contributed by atoms with van der Waals surface area (Å²) in [6, 6.07) is 8.66. The minimum Gasteiger partial charge on any atom is -0.204 e. The van der Waals surface area contributed by atoms with Crippen molar-refractivity contribution in [3.05, 3.63) is 106 Å². The van der Waals surface area contributed by atoms with Crippen molar-refractivity contribution in [3.8, 4) is 33.4 Å². The largest absolute Gasteiger partial charge is 0.204 e. The van der Waals surface area contributed by atoms with Crippen LogP contribution in [0.5, 0.6) is 0 Å². The molecule has 35 heavy (non-hydrogen) atoms. The van der Waals surface area contributed by atoms with Crippen molar-refractivity contribution in [2.75, 3.05) is 0 Å². The lowest BCUT2D eigenvalue weighted by molar-refractivity contribution is 0.458. The molecule has 1 aliphatic carbocycles. The average Bonchev–Trinajstić information content (AvgIpc) is 3.03. The fraction of sp³-hybridized carbons (Fsp3) is 0.111. The van der Waals surface area contributed by atoms with Gasteiger partial charge in [-0.2, -0.15) is 0 Å². The van der Waals surface area contributed by atoms with Gasteiger partial charge >= 0.3 is 0 Å². The molecule has 0 atom stereocenters. The first kappa shape index (κ1) is 23.1. The minimum absolute atomic E-state index is 0.109. The molecule has 0 aromatic heterocycles. The maximum atomic E-state index is 14.4. The van der Waals surface area contributed by atoms with Gasteiger partial charge in [-0.3, -0.25) is 0 Å². The summed E-state index contributed by atoms with van der Waals surface area (Å²) in [5, 5.41) is 0. The summed E-state index contributed by atoms with van der Waals surface area (Å²) in [5.41, 5.74) is -0.573. The molecule has 178 valence electrons. The molecule has 4 aromatic carbocycles. The number of hydrogen-bond donors (Lipinski definition) is 0. The van der Waals surface area contributed by atoms with Crippen LogP contribution < -0.4 is 0 Å². The first-order valence-electron chi connectivity index (χ1n) is 10.4. The molecule has 0 amide bonds. The van der Waals surface area contributed by atoms with Gasteiger partial charge < -0.3 is 0 Å². The fourth-order valence-electron chi connectivity index (χ4n) is 4.70. The highest BCUT2D eigenvalue weighted by molar-refractivity contribution is 5.86. The normalized spacial score (nSPS) is 13.7. The highest BCUT2D eigenvalue weighted by Crippen LogP contribution is 2.51. The fourth-order valence-corrected chi connectivity index (χ4v) is 4.70. The maximum Gasteiger partial charge on any atom is 0.169 e. The van der Waals surface area contributed by atoms with Gasteiger partial charge in [-0.1, -0.05) is 38.1 Å². The molecule has 0 N–H and O–H groups in total. The second-order valence-corrected chi connectivity index (χ2v) is 8.83. The number of halogens is 8. The molecule has 8 heteroatoms. The topological polar surface area (TPSA) is 0 Å². The highest BCUT2D eigenvalue weighted by atomic mass is 19.2. The standard InChI is InChI=1S/C27H14F8/c1-27(2)15-7-11(21-23(32)17(28)9-18(29)24(21)33)3-5-13(15)14-6-4-12(8-16(14)27)22-25(34)19(30)10-20(31)26(22)35/h3-10H,1-2H3. The van der Waals surface area contributed by atoms with Crippen LogP contribution in [0.25, 0.3) is 33.4 Å². The van der Waals surface area contributed by atoms with E-state index in [0.29, 0.717) is 22.3 Å². The molecule has 0 heterocycles. The highest BCUT2D eigenvalue weighted by Gasteiger charge is 2.37. The third kappa shape index (κ3) is 3.26. The van der Waals surface area contributed by atoms with Crippen LogP contribution in [0.4, 0.5) is 35.1 Å². The van der Waals surface area contributed by atoms with E-state index in [1.165, 1.54) is 36.4 Å². The van der Waals surface area contributed by atoms with Gasteiger partial charge in [0, 0.05) is 17.5 Å². The molecule has 0 fully saturated rings. The van der Waals surface area contributed by atoms with E-state index in [4.69, 9.17) is 0 Å². The third-order valence-electron chi connectivity index (χ3n) is 6.48. The zero-order chi connectivity index (χ0) is 25.4. The van der Waals surface area contributed by atoms with Crippen molar-refractivity contribution in [3.63, 3.8) is 0 Å². The molecule has 0 saturated carbocycles. The lowest BCUT2D eigenvalue weighted by atomic mass is 9.80. The van der Waals surface area contributed by atoms with E-state index in [2.05, 4.69) is 0 Å². The molecular weight excluding hydrogens is 476 g/mol. The van der Waals surface area contributed by atoms with Crippen molar-refractivity contribution < 1.29 is 35.1 Å². The van der Waals surface area contributed by atoms with E-state index in [1.54, 1.807) is 13.8 Å². The van der Waals surface area contributed by atoms with Gasteiger partial charge in [0.15, 0.2) is 46.5 Å². The molecule has 1 aliphatic rings. The van der Waals surface area contributed by atoms with Gasteiger partial charge in [0.05, 0.1) is 11.1 Å². The first-order chi connectivity index (χ1) is 16.4. The van der Waals surface area contributed by atoms with Gasteiger partial charge in [0.25, 0.3) is 0 Å². The van der Waals surface area contributed by atoms with Crippen LogP contribution in [0.3, 0.4) is 0 Å². The summed E-state index contributed by atoms with van der Waals surface area (Å²) in [6.45, 7) is 3.45. The van der Waals surface area contributed by atoms with Gasteiger partial charge in [-0.25, -0.2) is 35.1 Å². The lowest BCUT2D eigenvalue weighted by Gasteiger charge is -2.23. The average molecular weight is 490 g/mol. The summed E-state index contributed by atoms with van der Waals surface area (Å²) in [6.07, 6.45) is 0. The van der Waals surface area contributed by atoms with E-state index < -0.39 is 63.1 Å². The molecule has 0 unspecified atom stereocenters. The summed E-state index contributed by atoms with van der Waals surface area (Å²) >= 11 is 0.